The van der Waals surface area contributed by atoms with Gasteiger partial charge in [0.2, 0.25) is 5.91 Å². The number of carbonyl (C=O) groups is 2. The number of benzene rings is 1. The van der Waals surface area contributed by atoms with E-state index in [0.717, 1.165) is 11.0 Å². The maximum atomic E-state index is 12.9. The first kappa shape index (κ1) is 25.4. The van der Waals surface area contributed by atoms with E-state index < -0.39 is 30.0 Å². The summed E-state index contributed by atoms with van der Waals surface area (Å²) in [7, 11) is 1.10. The Labute approximate surface area is 197 Å². The number of nitrogens with one attached hydrogen (secondary N) is 1. The monoisotopic (exact) mass is 460 g/mol. The third-order valence-corrected chi connectivity index (χ3v) is 6.44. The van der Waals surface area contributed by atoms with Crippen LogP contribution in [0.25, 0.3) is 0 Å². The number of likely N-dealkylation sites (tertiary alicyclic amines) is 1. The molecular formula is C24H37BN2O6. The van der Waals surface area contributed by atoms with Gasteiger partial charge in [0.15, 0.2) is 0 Å². The minimum absolute atomic E-state index is 0.00910. The van der Waals surface area contributed by atoms with Crippen molar-refractivity contribution in [3.8, 4) is 5.75 Å². The molecule has 9 heteroatoms. The number of rotatable bonds is 5. The van der Waals surface area contributed by atoms with Gasteiger partial charge in [-0.25, -0.2) is 4.79 Å². The van der Waals surface area contributed by atoms with Gasteiger partial charge in [0.1, 0.15) is 11.4 Å². The van der Waals surface area contributed by atoms with Gasteiger partial charge in [-0.15, -0.1) is 0 Å². The van der Waals surface area contributed by atoms with Crippen LogP contribution in [0.2, 0.25) is 0 Å². The second-order valence-corrected chi connectivity index (χ2v) is 10.8. The molecular weight excluding hydrogens is 423 g/mol. The molecule has 0 bridgehead atoms. The molecule has 2 aliphatic rings. The Bertz CT molecular complexity index is 879. The van der Waals surface area contributed by atoms with Crippen LogP contribution in [0.5, 0.6) is 5.75 Å². The lowest BCUT2D eigenvalue weighted by Gasteiger charge is -2.32. The smallest absolute Gasteiger partial charge is 0.494 e. The number of carbonyl (C=O) groups excluding carboxylic acids is 2. The average Bonchev–Trinajstić information content (AvgIpc) is 3.22. The van der Waals surface area contributed by atoms with Crippen molar-refractivity contribution in [2.24, 2.45) is 0 Å². The lowest BCUT2D eigenvalue weighted by atomic mass is 9.78. The van der Waals surface area contributed by atoms with E-state index in [4.69, 9.17) is 18.8 Å². The molecule has 1 unspecified atom stereocenters. The van der Waals surface area contributed by atoms with Crippen LogP contribution in [-0.4, -0.2) is 67.1 Å². The molecule has 0 spiro atoms. The molecule has 0 radical (unpaired) electrons. The summed E-state index contributed by atoms with van der Waals surface area (Å²) in [5, 5.41) is 2.85. The fourth-order valence-electron chi connectivity index (χ4n) is 3.89. The third-order valence-electron chi connectivity index (χ3n) is 6.44. The second-order valence-electron chi connectivity index (χ2n) is 10.8. The molecule has 33 heavy (non-hydrogen) atoms. The number of hydrogen-bond acceptors (Lipinski definition) is 6. The summed E-state index contributed by atoms with van der Waals surface area (Å²) in [6, 6.07) is 5.58. The minimum atomic E-state index is -0.555. The maximum absolute atomic E-state index is 12.9. The third kappa shape index (κ3) is 6.01. The van der Waals surface area contributed by atoms with E-state index in [-0.39, 0.29) is 18.4 Å². The quantitative estimate of drug-likeness (QED) is 0.681. The van der Waals surface area contributed by atoms with Crippen LogP contribution >= 0.6 is 0 Å². The highest BCUT2D eigenvalue weighted by Crippen LogP contribution is 2.36. The van der Waals surface area contributed by atoms with E-state index in [0.29, 0.717) is 25.3 Å². The summed E-state index contributed by atoms with van der Waals surface area (Å²) >= 11 is 0. The molecule has 2 saturated heterocycles. The number of ether oxygens (including phenoxy) is 2. The van der Waals surface area contributed by atoms with E-state index in [2.05, 4.69) is 5.32 Å². The molecule has 1 aromatic rings. The van der Waals surface area contributed by atoms with Gasteiger partial charge in [-0.1, -0.05) is 12.1 Å². The van der Waals surface area contributed by atoms with Crippen LogP contribution in [0.1, 0.15) is 60.5 Å². The molecule has 2 fully saturated rings. The van der Waals surface area contributed by atoms with Gasteiger partial charge in [-0.2, -0.15) is 0 Å². The van der Waals surface area contributed by atoms with Gasteiger partial charge >= 0.3 is 13.2 Å². The summed E-state index contributed by atoms with van der Waals surface area (Å²) in [6.07, 6.45) is 0.455. The molecule has 2 aliphatic heterocycles. The highest BCUT2D eigenvalue weighted by atomic mass is 16.7. The Morgan fingerprint density at radius 1 is 1.18 bits per heavy atom. The molecule has 0 aromatic heterocycles. The fraction of sp³-hybridized carbons (Fsp3) is 0.667. The lowest BCUT2D eigenvalue weighted by Crippen LogP contribution is -2.41. The van der Waals surface area contributed by atoms with Crippen molar-refractivity contribution in [2.45, 2.75) is 84.2 Å². The average molecular weight is 460 g/mol. The topological polar surface area (TPSA) is 86.3 Å². The lowest BCUT2D eigenvalue weighted by molar-refractivity contribution is -0.129. The SMILES string of the molecule is COc1cc(B2OC(C)(C)C(C)(C)O2)ccc1CC(=O)N1CCC(NC(=O)OC(C)(C)C)C1. The first-order chi connectivity index (χ1) is 15.2. The Kier molecular flexibility index (Phi) is 7.06. The van der Waals surface area contributed by atoms with Crippen molar-refractivity contribution < 1.29 is 28.4 Å². The molecule has 0 saturated carbocycles. The predicted molar refractivity (Wildman–Crippen MR) is 127 cm³/mol. The van der Waals surface area contributed by atoms with Crippen LogP contribution in [-0.2, 0) is 25.3 Å². The van der Waals surface area contributed by atoms with Crippen molar-refractivity contribution in [1.29, 1.82) is 0 Å². The molecule has 2 amide bonds. The summed E-state index contributed by atoms with van der Waals surface area (Å²) in [4.78, 5) is 26.7. The van der Waals surface area contributed by atoms with Gasteiger partial charge in [0, 0.05) is 18.7 Å². The number of amides is 2. The first-order valence-corrected chi connectivity index (χ1v) is 11.5. The van der Waals surface area contributed by atoms with E-state index in [1.807, 2.05) is 66.7 Å². The molecule has 182 valence electrons. The zero-order valence-electron chi connectivity index (χ0n) is 21.1. The number of nitrogens with zero attached hydrogens (tertiary/aromatic N) is 1. The van der Waals surface area contributed by atoms with Crippen molar-refractivity contribution >= 4 is 24.6 Å². The van der Waals surface area contributed by atoms with Gasteiger partial charge < -0.3 is 29.0 Å². The molecule has 1 aromatic carbocycles. The maximum Gasteiger partial charge on any atom is 0.494 e. The zero-order chi connectivity index (χ0) is 24.6. The predicted octanol–water partition coefficient (Wildman–Crippen LogP) is 2.66. The van der Waals surface area contributed by atoms with Crippen LogP contribution in [0, 0.1) is 0 Å². The molecule has 1 atom stereocenters. The van der Waals surface area contributed by atoms with Crippen LogP contribution in [0.3, 0.4) is 0 Å². The summed E-state index contributed by atoms with van der Waals surface area (Å²) in [5.74, 6) is 0.614. The van der Waals surface area contributed by atoms with Gasteiger partial charge in [0.25, 0.3) is 0 Å². The van der Waals surface area contributed by atoms with Crippen LogP contribution in [0.15, 0.2) is 18.2 Å². The first-order valence-electron chi connectivity index (χ1n) is 11.5. The minimum Gasteiger partial charge on any atom is -0.496 e. The highest BCUT2D eigenvalue weighted by Gasteiger charge is 2.51. The Morgan fingerprint density at radius 3 is 2.39 bits per heavy atom. The largest absolute Gasteiger partial charge is 0.496 e. The van der Waals surface area contributed by atoms with Crippen LogP contribution in [0.4, 0.5) is 4.79 Å². The second kappa shape index (κ2) is 9.18. The molecule has 3 rings (SSSR count). The van der Waals surface area contributed by atoms with Crippen molar-refractivity contribution in [1.82, 2.24) is 10.2 Å². The van der Waals surface area contributed by atoms with Crippen molar-refractivity contribution in [3.63, 3.8) is 0 Å². The van der Waals surface area contributed by atoms with Gasteiger partial charge in [0.05, 0.1) is 30.8 Å². The van der Waals surface area contributed by atoms with E-state index >= 15 is 0 Å². The Balaban J connectivity index is 1.61. The van der Waals surface area contributed by atoms with E-state index in [1.54, 1.807) is 12.0 Å². The normalized spacial score (nSPS) is 21.8. The standard InChI is InChI=1S/C24H37BN2O6/c1-22(2,3)31-21(29)26-18-11-12-27(15-18)20(28)13-16-9-10-17(14-19(16)30-8)25-32-23(4,5)24(6,7)33-25/h9-10,14,18H,11-13,15H2,1-8H3,(H,26,29). The van der Waals surface area contributed by atoms with Crippen molar-refractivity contribution in [3.05, 3.63) is 23.8 Å². The molecule has 8 nitrogen and oxygen atoms in total. The summed E-state index contributed by atoms with van der Waals surface area (Å²) in [5.41, 5.74) is 0.232. The van der Waals surface area contributed by atoms with Gasteiger partial charge in [-0.05, 0) is 66.4 Å². The number of alkyl carbamates (subject to hydrolysis) is 1. The number of methoxy groups -OCH3 is 1. The zero-order valence-corrected chi connectivity index (χ0v) is 21.1. The molecule has 1 N–H and O–H groups in total. The summed E-state index contributed by atoms with van der Waals surface area (Å²) in [6.45, 7) is 14.6. The Morgan fingerprint density at radius 2 is 1.82 bits per heavy atom. The van der Waals surface area contributed by atoms with Crippen molar-refractivity contribution in [2.75, 3.05) is 20.2 Å². The Hall–Kier alpha value is -2.26. The fourth-order valence-corrected chi connectivity index (χ4v) is 3.89. The van der Waals surface area contributed by atoms with Crippen LogP contribution < -0.4 is 15.5 Å². The summed E-state index contributed by atoms with van der Waals surface area (Å²) < 4.78 is 23.1. The molecule has 2 heterocycles. The highest BCUT2D eigenvalue weighted by molar-refractivity contribution is 6.62. The number of hydrogen-bond donors (Lipinski definition) is 1. The molecule has 0 aliphatic carbocycles. The van der Waals surface area contributed by atoms with Gasteiger partial charge in [-0.3, -0.25) is 4.79 Å². The van der Waals surface area contributed by atoms with E-state index in [9.17, 15) is 9.59 Å². The van der Waals surface area contributed by atoms with E-state index in [1.165, 1.54) is 0 Å².